The Kier molecular flexibility index (Phi) is 9.28. The Bertz CT molecular complexity index is 687. The smallest absolute Gasteiger partial charge is 0.311 e. The summed E-state index contributed by atoms with van der Waals surface area (Å²) in [7, 11) is -19.7. The van der Waals surface area contributed by atoms with Gasteiger partial charge in [-0.2, -0.15) is 0 Å². The third kappa shape index (κ3) is 15.2. The normalized spacial score (nSPS) is 18.5. The van der Waals surface area contributed by atoms with Crippen molar-refractivity contribution in [3.05, 3.63) is 0 Å². The van der Waals surface area contributed by atoms with Crippen LogP contribution in [0.2, 0.25) is 0 Å². The summed E-state index contributed by atoms with van der Waals surface area (Å²) in [4.78, 5) is 0. The Hall–Kier alpha value is 0.470. The van der Waals surface area contributed by atoms with Gasteiger partial charge in [-0.05, 0) is 0 Å². The molecule has 0 aliphatic carbocycles. The van der Waals surface area contributed by atoms with Gasteiger partial charge in [-0.1, -0.05) is 0 Å². The van der Waals surface area contributed by atoms with Crippen LogP contribution < -0.4 is 33.0 Å². The van der Waals surface area contributed by atoms with Gasteiger partial charge >= 0.3 is 15.3 Å². The van der Waals surface area contributed by atoms with E-state index in [4.69, 9.17) is 43.3 Å². The van der Waals surface area contributed by atoms with Gasteiger partial charge < -0.3 is 9.05 Å². The van der Waals surface area contributed by atoms with Gasteiger partial charge in [0, 0.05) is 0 Å². The van der Waals surface area contributed by atoms with Crippen LogP contribution in [0.1, 0.15) is 0 Å². The monoisotopic (exact) mass is 466 g/mol. The maximum atomic E-state index is 11.7. The SMILES string of the molecule is N=P(N)(OCCS(=O)(=O)CCOP(=N)(N)OP(N)(N)=O)OP(N)(N)=O. The molecule has 0 aliphatic heterocycles. The second-order valence-corrected chi connectivity index (χ2v) is 13.6. The minimum Gasteiger partial charge on any atom is -0.311 e. The van der Waals surface area contributed by atoms with Crippen molar-refractivity contribution in [3.8, 4) is 0 Å². The molecule has 25 heavy (non-hydrogen) atoms. The van der Waals surface area contributed by atoms with Gasteiger partial charge in [0.1, 0.15) is 0 Å². The van der Waals surface area contributed by atoms with E-state index in [2.05, 4.69) is 17.7 Å². The number of nitrogens with two attached hydrogens (primary N) is 6. The van der Waals surface area contributed by atoms with Crippen molar-refractivity contribution in [1.82, 2.24) is 0 Å². The largest absolute Gasteiger partial charge is 0.342 e. The molecule has 152 valence electrons. The Balaban J connectivity index is 4.40. The fraction of sp³-hybridized carbons (Fsp3) is 1.00. The van der Waals surface area contributed by atoms with E-state index in [1.807, 2.05) is 0 Å². The molecule has 0 aromatic rings. The number of rotatable bonds is 12. The van der Waals surface area contributed by atoms with Gasteiger partial charge in [-0.25, -0.2) is 39.1 Å². The summed E-state index contributed by atoms with van der Waals surface area (Å²) < 4.78 is 63.5. The molecule has 0 fully saturated rings. The molecule has 0 spiro atoms. The Morgan fingerprint density at radius 3 is 1.24 bits per heavy atom. The van der Waals surface area contributed by atoms with Gasteiger partial charge in [0.15, 0.2) is 9.84 Å². The molecule has 0 radical (unpaired) electrons. The fourth-order valence-electron chi connectivity index (χ4n) is 1.13. The van der Waals surface area contributed by atoms with Crippen LogP contribution in [-0.4, -0.2) is 33.1 Å². The van der Waals surface area contributed by atoms with E-state index in [1.165, 1.54) is 0 Å². The highest BCUT2D eigenvalue weighted by atomic mass is 32.2. The highest BCUT2D eigenvalue weighted by Crippen LogP contribution is 2.52. The lowest BCUT2D eigenvalue weighted by Gasteiger charge is -2.19. The first-order valence-electron chi connectivity index (χ1n) is 5.95. The minimum absolute atomic E-state index is 0.572. The molecular weight excluding hydrogens is 444 g/mol. The summed E-state index contributed by atoms with van der Waals surface area (Å²) in [5.41, 5.74) is 30.0. The van der Waals surface area contributed by atoms with Crippen LogP contribution >= 0.6 is 30.7 Å². The van der Waals surface area contributed by atoms with Crippen molar-refractivity contribution >= 4 is 40.5 Å². The highest BCUT2D eigenvalue weighted by molar-refractivity contribution is 7.91. The Morgan fingerprint density at radius 1 is 0.720 bits per heavy atom. The first-order chi connectivity index (χ1) is 10.8. The average molecular weight is 466 g/mol. The van der Waals surface area contributed by atoms with E-state index in [-0.39, 0.29) is 0 Å². The zero-order valence-electron chi connectivity index (χ0n) is 12.8. The molecule has 14 N–H and O–H groups in total. The van der Waals surface area contributed by atoms with Crippen LogP contribution in [0.3, 0.4) is 0 Å². The zero-order chi connectivity index (χ0) is 20.2. The molecule has 0 saturated heterocycles. The lowest BCUT2D eigenvalue weighted by Crippen LogP contribution is -2.20. The van der Waals surface area contributed by atoms with E-state index in [1.54, 1.807) is 0 Å². The van der Waals surface area contributed by atoms with Crippen LogP contribution in [0.15, 0.2) is 0 Å². The van der Waals surface area contributed by atoms with Crippen LogP contribution in [0.4, 0.5) is 0 Å². The number of hydrogen-bond acceptors (Lipinski definition) is 10. The zero-order valence-corrected chi connectivity index (χ0v) is 17.1. The predicted octanol–water partition coefficient (Wildman–Crippen LogP) is -0.514. The minimum atomic E-state index is -4.07. The molecule has 0 heterocycles. The van der Waals surface area contributed by atoms with Crippen molar-refractivity contribution < 1.29 is 35.2 Å². The molecule has 2 atom stereocenters. The average Bonchev–Trinajstić information content (AvgIpc) is 2.19. The molecule has 0 amide bonds. The maximum Gasteiger partial charge on any atom is 0.342 e. The summed E-state index contributed by atoms with van der Waals surface area (Å²) >= 11 is 0. The molecule has 0 aromatic heterocycles. The van der Waals surface area contributed by atoms with Crippen molar-refractivity contribution in [2.24, 2.45) is 33.0 Å². The van der Waals surface area contributed by atoms with Gasteiger partial charge in [-0.3, -0.25) is 30.5 Å². The van der Waals surface area contributed by atoms with Gasteiger partial charge in [0.25, 0.3) is 15.3 Å². The third-order valence-corrected chi connectivity index (χ3v) is 8.54. The van der Waals surface area contributed by atoms with Crippen LogP contribution in [0.25, 0.3) is 0 Å². The molecule has 0 rings (SSSR count). The molecule has 21 heteroatoms. The van der Waals surface area contributed by atoms with Crippen LogP contribution in [-0.2, 0) is 36.6 Å². The van der Waals surface area contributed by atoms with Crippen LogP contribution in [0, 0.1) is 10.3 Å². The summed E-state index contributed by atoms with van der Waals surface area (Å²) in [6.45, 7) is -1.14. The molecule has 0 aromatic carbocycles. The lowest BCUT2D eigenvalue weighted by molar-refractivity contribution is 0.317. The van der Waals surface area contributed by atoms with E-state index >= 15 is 0 Å². The van der Waals surface area contributed by atoms with Crippen molar-refractivity contribution in [1.29, 1.82) is 10.3 Å². The predicted molar refractivity (Wildman–Crippen MR) is 92.3 cm³/mol. The lowest BCUT2D eigenvalue weighted by atomic mass is 10.9. The number of nitrogens with one attached hydrogen (secondary N) is 2. The van der Waals surface area contributed by atoms with Gasteiger partial charge in [0.05, 0.1) is 24.7 Å². The molecule has 2 unspecified atom stereocenters. The highest BCUT2D eigenvalue weighted by Gasteiger charge is 2.25. The summed E-state index contributed by atoms with van der Waals surface area (Å²) in [5, 5.41) is 14.8. The van der Waals surface area contributed by atoms with Gasteiger partial charge in [0.2, 0.25) is 0 Å². The van der Waals surface area contributed by atoms with E-state index < -0.39 is 65.2 Å². The fourth-order valence-corrected chi connectivity index (χ4v) is 6.39. The molecule has 0 saturated carbocycles. The molecule has 16 nitrogen and oxygen atoms in total. The second-order valence-electron chi connectivity index (χ2n) is 4.47. The standard InChI is InChI=1S/C4H22N8O8P4S/c5-21(6,13)19-23(9,10)17-1-3-25(15,16)4-2-18-24(11,12)20-22(7,8)14/h1-4H2,(H3,9,10)(H3,11,12)(H4,5,6,13)(H4,7,8,14). The second kappa shape index (κ2) is 9.11. The molecule has 0 bridgehead atoms. The first kappa shape index (κ1) is 25.5. The number of sulfone groups is 1. The topological polar surface area (TPSA) is 309 Å². The Labute approximate surface area is 144 Å². The number of hydrogen-bond donors (Lipinski definition) is 8. The van der Waals surface area contributed by atoms with Crippen molar-refractivity contribution in [3.63, 3.8) is 0 Å². The van der Waals surface area contributed by atoms with E-state index in [0.717, 1.165) is 0 Å². The Morgan fingerprint density at radius 2 is 1.00 bits per heavy atom. The quantitative estimate of drug-likeness (QED) is 0.168. The molecular formula is C4H22N8O8P4S. The molecule has 0 aliphatic rings. The van der Waals surface area contributed by atoms with Crippen molar-refractivity contribution in [2.45, 2.75) is 0 Å². The van der Waals surface area contributed by atoms with E-state index in [9.17, 15) is 17.5 Å². The first-order valence-corrected chi connectivity index (χ1v) is 14.7. The maximum absolute atomic E-state index is 11.7. The third-order valence-electron chi connectivity index (χ3n) is 1.85. The summed E-state index contributed by atoms with van der Waals surface area (Å²) in [5.74, 6) is -1.23. The summed E-state index contributed by atoms with van der Waals surface area (Å²) in [6, 6.07) is 0. The van der Waals surface area contributed by atoms with Crippen molar-refractivity contribution in [2.75, 3.05) is 24.7 Å². The summed E-state index contributed by atoms with van der Waals surface area (Å²) in [6.07, 6.45) is 0. The van der Waals surface area contributed by atoms with Gasteiger partial charge in [-0.15, -0.1) is 0 Å². The van der Waals surface area contributed by atoms with Crippen LogP contribution in [0.5, 0.6) is 0 Å². The van der Waals surface area contributed by atoms with E-state index in [0.29, 0.717) is 0 Å².